The molecule has 16 nitrogen and oxygen atoms in total. The Morgan fingerprint density at radius 1 is 0.905 bits per heavy atom. The lowest BCUT2D eigenvalue weighted by atomic mass is 9.69. The SMILES string of the molecule is CCNC[C@H]1O[C@H](O[C@H]2[C@H](O)[C@@H](O[C@H]3O[C@H](CO)[C@@H](O)[C@H](N)[C@H]3O)[C@H](CC(=O)C3(O)CC(N)C3)C[C@@H]2N)[C@H](N)C[C@@H]1O. The fourth-order valence-electron chi connectivity index (χ4n) is 6.42. The van der Waals surface area contributed by atoms with Gasteiger partial charge in [-0.25, -0.2) is 0 Å². The van der Waals surface area contributed by atoms with E-state index in [1.54, 1.807) is 0 Å². The van der Waals surface area contributed by atoms with Crippen molar-refractivity contribution in [1.82, 2.24) is 5.32 Å². The van der Waals surface area contributed by atoms with Crippen LogP contribution in [0.4, 0.5) is 0 Å². The molecule has 0 radical (unpaired) electrons. The third-order valence-corrected chi connectivity index (χ3v) is 9.02. The van der Waals surface area contributed by atoms with Crippen LogP contribution in [0, 0.1) is 5.92 Å². The summed E-state index contributed by atoms with van der Waals surface area (Å²) in [6.07, 6.45) is -11.6. The van der Waals surface area contributed by atoms with E-state index in [1.165, 1.54) is 0 Å². The van der Waals surface area contributed by atoms with Crippen molar-refractivity contribution in [2.45, 2.75) is 130 Å². The number of carbonyl (C=O) groups is 1. The summed E-state index contributed by atoms with van der Waals surface area (Å²) in [5.41, 5.74) is 22.8. The third kappa shape index (κ3) is 7.14. The monoisotopic (exact) mass is 607 g/mol. The van der Waals surface area contributed by atoms with Gasteiger partial charge in [0.1, 0.15) is 36.1 Å². The van der Waals surface area contributed by atoms with Crippen LogP contribution in [0.25, 0.3) is 0 Å². The van der Waals surface area contributed by atoms with Crippen molar-refractivity contribution in [2.75, 3.05) is 19.7 Å². The van der Waals surface area contributed by atoms with Crippen LogP contribution in [0.3, 0.4) is 0 Å². The Hall–Kier alpha value is -0.930. The second-order valence-electron chi connectivity index (χ2n) is 12.3. The molecular weight excluding hydrogens is 558 g/mol. The number of aliphatic hydroxyl groups excluding tert-OH is 5. The van der Waals surface area contributed by atoms with E-state index in [0.29, 0.717) is 13.1 Å². The molecule has 4 aliphatic rings. The van der Waals surface area contributed by atoms with Crippen LogP contribution in [0.2, 0.25) is 0 Å². The van der Waals surface area contributed by atoms with Gasteiger partial charge in [0.05, 0.1) is 37.0 Å². The van der Waals surface area contributed by atoms with Gasteiger partial charge in [0.25, 0.3) is 0 Å². The molecule has 0 amide bonds. The molecule has 0 aromatic carbocycles. The highest BCUT2D eigenvalue weighted by atomic mass is 16.7. The molecule has 0 bridgehead atoms. The Bertz CT molecular complexity index is 899. The van der Waals surface area contributed by atoms with Gasteiger partial charge >= 0.3 is 0 Å². The Morgan fingerprint density at radius 2 is 1.55 bits per heavy atom. The molecule has 2 saturated heterocycles. The van der Waals surface area contributed by atoms with Crippen LogP contribution < -0.4 is 28.3 Å². The van der Waals surface area contributed by atoms with E-state index >= 15 is 0 Å². The molecule has 4 rings (SSSR count). The Morgan fingerprint density at radius 3 is 2.17 bits per heavy atom. The first-order valence-electron chi connectivity index (χ1n) is 14.7. The number of hydrogen-bond acceptors (Lipinski definition) is 16. The number of ketones is 1. The van der Waals surface area contributed by atoms with E-state index in [4.69, 9.17) is 41.9 Å². The minimum Gasteiger partial charge on any atom is -0.394 e. The molecule has 2 heterocycles. The van der Waals surface area contributed by atoms with E-state index < -0.39 is 103 Å². The standard InChI is InChI=1S/C26H49N5O11/c1-2-31-8-15-14(33)5-13(29)24(39-15)42-23-12(28)3-10(4-17(34)26(38)6-11(27)7-26)22(21(23)37)41-25-20(36)18(30)19(35)16(9-32)40-25/h10-16,18-25,31-33,35-38H,2-9,27-30H2,1H3/t10-,11?,12-,13+,14-,15+,16+,18-,19+,20+,21+,22-,23+,24+,25+,26?/m0/s1. The van der Waals surface area contributed by atoms with Crippen molar-refractivity contribution in [1.29, 1.82) is 0 Å². The lowest BCUT2D eigenvalue weighted by Gasteiger charge is -2.49. The van der Waals surface area contributed by atoms with E-state index in [2.05, 4.69) is 5.32 Å². The topological polar surface area (TPSA) is 291 Å². The molecule has 2 aliphatic carbocycles. The van der Waals surface area contributed by atoms with Gasteiger partial charge in [-0.15, -0.1) is 0 Å². The van der Waals surface area contributed by atoms with Gasteiger partial charge in [-0.05, 0) is 38.1 Å². The van der Waals surface area contributed by atoms with Gasteiger partial charge in [-0.3, -0.25) is 4.79 Å². The Balaban J connectivity index is 1.54. The fourth-order valence-corrected chi connectivity index (χ4v) is 6.42. The summed E-state index contributed by atoms with van der Waals surface area (Å²) in [7, 11) is 0. The average Bonchev–Trinajstić information content (AvgIpc) is 2.92. The highest BCUT2D eigenvalue weighted by molar-refractivity contribution is 5.88. The lowest BCUT2D eigenvalue weighted by molar-refractivity contribution is -0.320. The summed E-state index contributed by atoms with van der Waals surface area (Å²) in [6, 6.07) is -3.09. The zero-order chi connectivity index (χ0) is 30.9. The van der Waals surface area contributed by atoms with E-state index in [1.807, 2.05) is 6.92 Å². The number of hydrogen-bond donors (Lipinski definition) is 11. The minimum absolute atomic E-state index is 0.104. The van der Waals surface area contributed by atoms with Crippen molar-refractivity contribution in [3.63, 3.8) is 0 Å². The number of nitrogens with one attached hydrogen (secondary N) is 1. The smallest absolute Gasteiger partial charge is 0.186 e. The number of aliphatic hydroxyl groups is 6. The van der Waals surface area contributed by atoms with Gasteiger partial charge in [-0.1, -0.05) is 6.92 Å². The number of nitrogens with two attached hydrogens (primary N) is 4. The normalized spacial score (nSPS) is 49.8. The molecule has 0 unspecified atom stereocenters. The first-order valence-corrected chi connectivity index (χ1v) is 14.7. The largest absolute Gasteiger partial charge is 0.394 e. The van der Waals surface area contributed by atoms with Gasteiger partial charge in [0.2, 0.25) is 0 Å². The zero-order valence-electron chi connectivity index (χ0n) is 23.9. The van der Waals surface area contributed by atoms with Crippen LogP contribution in [0.15, 0.2) is 0 Å². The molecule has 0 aromatic rings. The van der Waals surface area contributed by atoms with Crippen LogP contribution in [0.5, 0.6) is 0 Å². The van der Waals surface area contributed by atoms with Crippen LogP contribution in [0.1, 0.15) is 39.0 Å². The highest BCUT2D eigenvalue weighted by Gasteiger charge is 2.53. The molecule has 0 spiro atoms. The predicted octanol–water partition coefficient (Wildman–Crippen LogP) is -5.54. The molecule has 15 N–H and O–H groups in total. The molecule has 4 fully saturated rings. The fraction of sp³-hybridized carbons (Fsp3) is 0.962. The number of rotatable bonds is 11. The van der Waals surface area contributed by atoms with Crippen molar-refractivity contribution in [2.24, 2.45) is 28.9 Å². The summed E-state index contributed by atoms with van der Waals surface area (Å²) in [4.78, 5) is 13.1. The van der Waals surface area contributed by atoms with Gasteiger partial charge in [0, 0.05) is 25.0 Å². The summed E-state index contributed by atoms with van der Waals surface area (Å²) in [5, 5.41) is 66.4. The number of ether oxygens (including phenoxy) is 4. The van der Waals surface area contributed by atoms with Crippen molar-refractivity contribution in [3.8, 4) is 0 Å². The van der Waals surface area contributed by atoms with E-state index in [9.17, 15) is 35.4 Å². The highest BCUT2D eigenvalue weighted by Crippen LogP contribution is 2.39. The Labute approximate surface area is 244 Å². The van der Waals surface area contributed by atoms with Gasteiger partial charge in [0.15, 0.2) is 18.4 Å². The van der Waals surface area contributed by atoms with Gasteiger partial charge in [-0.2, -0.15) is 0 Å². The zero-order valence-corrected chi connectivity index (χ0v) is 23.9. The maximum absolute atomic E-state index is 13.1. The summed E-state index contributed by atoms with van der Waals surface area (Å²) in [5.74, 6) is -1.23. The van der Waals surface area contributed by atoms with E-state index in [0.717, 1.165) is 0 Å². The second-order valence-corrected chi connectivity index (χ2v) is 12.3. The van der Waals surface area contributed by atoms with E-state index in [-0.39, 0.29) is 38.1 Å². The van der Waals surface area contributed by atoms with Gasteiger partial charge < -0.3 is 77.8 Å². The van der Waals surface area contributed by atoms with Crippen molar-refractivity contribution >= 4 is 5.78 Å². The maximum Gasteiger partial charge on any atom is 0.186 e. The first-order chi connectivity index (χ1) is 19.8. The summed E-state index contributed by atoms with van der Waals surface area (Å²) < 4.78 is 23.7. The quantitative estimate of drug-likeness (QED) is 0.104. The average molecular weight is 608 g/mol. The molecule has 14 atom stereocenters. The summed E-state index contributed by atoms with van der Waals surface area (Å²) in [6.45, 7) is 2.30. The van der Waals surface area contributed by atoms with Crippen LogP contribution >= 0.6 is 0 Å². The predicted molar refractivity (Wildman–Crippen MR) is 145 cm³/mol. The molecule has 0 aromatic heterocycles. The second kappa shape index (κ2) is 14.0. The first kappa shape index (κ1) is 34.0. The molecule has 16 heteroatoms. The molecule has 2 aliphatic heterocycles. The Kier molecular flexibility index (Phi) is 11.3. The molecule has 244 valence electrons. The molecule has 42 heavy (non-hydrogen) atoms. The minimum atomic E-state index is -1.59. The van der Waals surface area contributed by atoms with Crippen LogP contribution in [-0.4, -0.2) is 147 Å². The van der Waals surface area contributed by atoms with Crippen molar-refractivity contribution in [3.05, 3.63) is 0 Å². The van der Waals surface area contributed by atoms with Crippen molar-refractivity contribution < 1.29 is 54.4 Å². The number of carbonyl (C=O) groups excluding carboxylic acids is 1. The molecular formula is C26H49N5O11. The third-order valence-electron chi connectivity index (χ3n) is 9.02. The maximum atomic E-state index is 13.1. The summed E-state index contributed by atoms with van der Waals surface area (Å²) >= 11 is 0. The number of Topliss-reactive ketones (excluding diaryl/α,β-unsaturated/α-hetero) is 1. The lowest BCUT2D eigenvalue weighted by Crippen LogP contribution is -2.66. The number of likely N-dealkylation sites (N-methyl/N-ethyl adjacent to an activating group) is 1. The van der Waals surface area contributed by atoms with Crippen LogP contribution in [-0.2, 0) is 23.7 Å². The molecule has 2 saturated carbocycles.